The third-order valence-electron chi connectivity index (χ3n) is 3.11. The van der Waals surface area contributed by atoms with Crippen molar-refractivity contribution in [2.75, 3.05) is 0 Å². The van der Waals surface area contributed by atoms with Crippen LogP contribution in [-0.2, 0) is 6.42 Å². The van der Waals surface area contributed by atoms with Crippen molar-refractivity contribution in [1.29, 1.82) is 0 Å². The first-order valence-corrected chi connectivity index (χ1v) is 7.02. The number of aryl methyl sites for hydroxylation is 2. The van der Waals surface area contributed by atoms with E-state index in [4.69, 9.17) is 5.73 Å². The van der Waals surface area contributed by atoms with Crippen LogP contribution in [0.25, 0.3) is 0 Å². The van der Waals surface area contributed by atoms with E-state index >= 15 is 0 Å². The second kappa shape index (κ2) is 5.85. The summed E-state index contributed by atoms with van der Waals surface area (Å²) >= 11 is 3.15. The zero-order valence-electron chi connectivity index (χ0n) is 11.1. The van der Waals surface area contributed by atoms with Crippen molar-refractivity contribution in [3.05, 3.63) is 68.9 Å². The number of halogens is 2. The molecule has 1 nitrogen and oxygen atoms in total. The Hall–Kier alpha value is -1.19. The van der Waals surface area contributed by atoms with E-state index in [0.717, 1.165) is 5.56 Å². The van der Waals surface area contributed by atoms with Crippen molar-refractivity contribution >= 4 is 15.9 Å². The standard InChI is InChI=1S/C16H17BrFN/c1-10-5-11(2)7-12(6-10)8-16(19)13-3-4-14(17)15(18)9-13/h3-7,9,16H,8,19H2,1-2H3. The topological polar surface area (TPSA) is 26.0 Å². The highest BCUT2D eigenvalue weighted by Crippen LogP contribution is 2.22. The van der Waals surface area contributed by atoms with Crippen molar-refractivity contribution in [1.82, 2.24) is 0 Å². The van der Waals surface area contributed by atoms with Gasteiger partial charge in [-0.2, -0.15) is 0 Å². The Morgan fingerprint density at radius 1 is 1.11 bits per heavy atom. The molecule has 0 amide bonds. The molecule has 0 spiro atoms. The second-order valence-corrected chi connectivity index (χ2v) is 5.83. The van der Waals surface area contributed by atoms with Gasteiger partial charge in [-0.3, -0.25) is 0 Å². The highest BCUT2D eigenvalue weighted by Gasteiger charge is 2.10. The molecule has 2 N–H and O–H groups in total. The third kappa shape index (κ3) is 3.64. The molecule has 0 saturated heterocycles. The summed E-state index contributed by atoms with van der Waals surface area (Å²) in [7, 11) is 0. The van der Waals surface area contributed by atoms with Crippen LogP contribution in [0.2, 0.25) is 0 Å². The lowest BCUT2D eigenvalue weighted by atomic mass is 9.97. The molecule has 3 heteroatoms. The Morgan fingerprint density at radius 3 is 2.32 bits per heavy atom. The maximum atomic E-state index is 13.5. The molecule has 0 aromatic heterocycles. The Morgan fingerprint density at radius 2 is 1.74 bits per heavy atom. The number of hydrogen-bond donors (Lipinski definition) is 1. The van der Waals surface area contributed by atoms with Gasteiger partial charge in [-0.15, -0.1) is 0 Å². The predicted octanol–water partition coefficient (Wildman–Crippen LogP) is 4.45. The van der Waals surface area contributed by atoms with Crippen LogP contribution in [0, 0.1) is 19.7 Å². The zero-order chi connectivity index (χ0) is 14.0. The third-order valence-corrected chi connectivity index (χ3v) is 3.75. The zero-order valence-corrected chi connectivity index (χ0v) is 12.7. The summed E-state index contributed by atoms with van der Waals surface area (Å²) in [6.45, 7) is 4.14. The van der Waals surface area contributed by atoms with Crippen LogP contribution in [-0.4, -0.2) is 0 Å². The largest absolute Gasteiger partial charge is 0.324 e. The van der Waals surface area contributed by atoms with E-state index in [0.29, 0.717) is 10.9 Å². The van der Waals surface area contributed by atoms with Gasteiger partial charge in [0.05, 0.1) is 4.47 Å². The summed E-state index contributed by atoms with van der Waals surface area (Å²) in [6.07, 6.45) is 0.712. The lowest BCUT2D eigenvalue weighted by Gasteiger charge is -2.14. The molecule has 2 rings (SSSR count). The molecule has 0 aliphatic carbocycles. The van der Waals surface area contributed by atoms with Gasteiger partial charge < -0.3 is 5.73 Å². The molecule has 0 bridgehead atoms. The fraction of sp³-hybridized carbons (Fsp3) is 0.250. The Labute approximate surface area is 121 Å². The predicted molar refractivity (Wildman–Crippen MR) is 80.6 cm³/mol. The second-order valence-electron chi connectivity index (χ2n) is 4.98. The fourth-order valence-electron chi connectivity index (χ4n) is 2.30. The van der Waals surface area contributed by atoms with E-state index in [1.54, 1.807) is 6.07 Å². The molecule has 1 atom stereocenters. The molecule has 0 radical (unpaired) electrons. The van der Waals surface area contributed by atoms with Crippen molar-refractivity contribution in [3.63, 3.8) is 0 Å². The highest BCUT2D eigenvalue weighted by molar-refractivity contribution is 9.10. The van der Waals surface area contributed by atoms with Gasteiger partial charge in [0.1, 0.15) is 5.82 Å². The first-order chi connectivity index (χ1) is 8.95. The van der Waals surface area contributed by atoms with E-state index in [1.807, 2.05) is 6.07 Å². The van der Waals surface area contributed by atoms with Crippen molar-refractivity contribution in [2.24, 2.45) is 5.73 Å². The summed E-state index contributed by atoms with van der Waals surface area (Å²) in [5.41, 5.74) is 10.6. The van der Waals surface area contributed by atoms with Crippen LogP contribution in [0.3, 0.4) is 0 Å². The van der Waals surface area contributed by atoms with Crippen molar-refractivity contribution in [2.45, 2.75) is 26.3 Å². The Bertz CT molecular complexity index is 575. The van der Waals surface area contributed by atoms with Crippen LogP contribution in [0.5, 0.6) is 0 Å². The minimum atomic E-state index is -0.270. The van der Waals surface area contributed by atoms with Crippen LogP contribution in [0.1, 0.15) is 28.3 Å². The average molecular weight is 322 g/mol. The first kappa shape index (κ1) is 14.2. The van der Waals surface area contributed by atoms with E-state index in [2.05, 4.69) is 48.0 Å². The SMILES string of the molecule is Cc1cc(C)cc(CC(N)c2ccc(Br)c(F)c2)c1. The maximum absolute atomic E-state index is 13.5. The van der Waals surface area contributed by atoms with E-state index in [9.17, 15) is 4.39 Å². The molecular formula is C16H17BrFN. The van der Waals surface area contributed by atoms with Gasteiger partial charge in [0, 0.05) is 6.04 Å². The molecule has 0 heterocycles. The van der Waals surface area contributed by atoms with E-state index in [-0.39, 0.29) is 11.9 Å². The van der Waals surface area contributed by atoms with Crippen LogP contribution in [0.4, 0.5) is 4.39 Å². The van der Waals surface area contributed by atoms with Crippen LogP contribution < -0.4 is 5.73 Å². The van der Waals surface area contributed by atoms with Crippen molar-refractivity contribution < 1.29 is 4.39 Å². The lowest BCUT2D eigenvalue weighted by Crippen LogP contribution is -2.13. The van der Waals surface area contributed by atoms with Gasteiger partial charge in [0.2, 0.25) is 0 Å². The lowest BCUT2D eigenvalue weighted by molar-refractivity contribution is 0.612. The van der Waals surface area contributed by atoms with Gasteiger partial charge in [0.15, 0.2) is 0 Å². The Balaban J connectivity index is 2.20. The van der Waals surface area contributed by atoms with Gasteiger partial charge >= 0.3 is 0 Å². The summed E-state index contributed by atoms with van der Waals surface area (Å²) in [5, 5.41) is 0. The molecule has 0 fully saturated rings. The molecule has 19 heavy (non-hydrogen) atoms. The monoisotopic (exact) mass is 321 g/mol. The molecule has 0 aliphatic heterocycles. The molecule has 2 aromatic carbocycles. The molecule has 0 saturated carbocycles. The summed E-state index contributed by atoms with van der Waals surface area (Å²) in [6, 6.07) is 11.3. The molecular weight excluding hydrogens is 305 g/mol. The smallest absolute Gasteiger partial charge is 0.137 e. The molecule has 2 aromatic rings. The van der Waals surface area contributed by atoms with Crippen LogP contribution in [0.15, 0.2) is 40.9 Å². The summed E-state index contributed by atoms with van der Waals surface area (Å²) in [5.74, 6) is -0.270. The first-order valence-electron chi connectivity index (χ1n) is 6.23. The van der Waals surface area contributed by atoms with E-state index < -0.39 is 0 Å². The maximum Gasteiger partial charge on any atom is 0.137 e. The van der Waals surface area contributed by atoms with Crippen molar-refractivity contribution in [3.8, 4) is 0 Å². The van der Waals surface area contributed by atoms with Gasteiger partial charge in [-0.05, 0) is 59.5 Å². The minimum absolute atomic E-state index is 0.191. The highest BCUT2D eigenvalue weighted by atomic mass is 79.9. The number of rotatable bonds is 3. The number of benzene rings is 2. The normalized spacial score (nSPS) is 12.5. The minimum Gasteiger partial charge on any atom is -0.324 e. The molecule has 0 aliphatic rings. The van der Waals surface area contributed by atoms with Gasteiger partial charge in [-0.25, -0.2) is 4.39 Å². The van der Waals surface area contributed by atoms with Crippen LogP contribution >= 0.6 is 15.9 Å². The quantitative estimate of drug-likeness (QED) is 0.888. The fourth-order valence-corrected chi connectivity index (χ4v) is 2.55. The number of nitrogens with two attached hydrogens (primary N) is 1. The van der Waals surface area contributed by atoms with Gasteiger partial charge in [-0.1, -0.05) is 35.4 Å². The molecule has 1 unspecified atom stereocenters. The van der Waals surface area contributed by atoms with E-state index in [1.165, 1.54) is 22.8 Å². The molecule has 100 valence electrons. The number of hydrogen-bond acceptors (Lipinski definition) is 1. The summed E-state index contributed by atoms with van der Waals surface area (Å²) < 4.78 is 14.0. The van der Waals surface area contributed by atoms with Gasteiger partial charge in [0.25, 0.3) is 0 Å². The average Bonchev–Trinajstić information content (AvgIpc) is 2.31. The summed E-state index contributed by atoms with van der Waals surface area (Å²) in [4.78, 5) is 0. The Kier molecular flexibility index (Phi) is 4.38.